The number of fused-ring (bicyclic) bond motifs is 3. The number of rotatable bonds is 3. The highest BCUT2D eigenvalue weighted by Gasteiger charge is 2.58. The highest BCUT2D eigenvalue weighted by atomic mass is 15.4. The molecule has 4 aliphatic rings. The molecule has 1 saturated carbocycles. The number of nitrogens with one attached hydrogen (secondary N) is 2. The fourth-order valence-corrected chi connectivity index (χ4v) is 6.62. The van der Waals surface area contributed by atoms with Crippen molar-refractivity contribution >= 4 is 0 Å². The van der Waals surface area contributed by atoms with Crippen molar-refractivity contribution in [3.8, 4) is 0 Å². The summed E-state index contributed by atoms with van der Waals surface area (Å²) in [6.45, 7) is 7.24. The van der Waals surface area contributed by atoms with Gasteiger partial charge in [-0.15, -0.1) is 0 Å². The predicted octanol–water partition coefficient (Wildman–Crippen LogP) is 3.17. The molecule has 126 valence electrons. The third-order valence-corrected chi connectivity index (χ3v) is 7.37. The zero-order valence-electron chi connectivity index (χ0n) is 14.6. The van der Waals surface area contributed by atoms with Crippen molar-refractivity contribution in [2.24, 2.45) is 23.7 Å². The quantitative estimate of drug-likeness (QED) is 0.838. The van der Waals surface area contributed by atoms with Crippen LogP contribution in [0.4, 0.5) is 0 Å². The number of likely N-dealkylation sites (tertiary alicyclic amines) is 1. The lowest BCUT2D eigenvalue weighted by molar-refractivity contribution is 0.106. The Labute approximate surface area is 136 Å². The summed E-state index contributed by atoms with van der Waals surface area (Å²) in [5.41, 5.74) is 0. The van der Waals surface area contributed by atoms with E-state index < -0.39 is 0 Å². The Bertz CT molecular complexity index is 379. The minimum atomic E-state index is 0.599. The van der Waals surface area contributed by atoms with Crippen LogP contribution in [0.25, 0.3) is 0 Å². The summed E-state index contributed by atoms with van der Waals surface area (Å²) in [5, 5.41) is 7.78. The van der Waals surface area contributed by atoms with E-state index in [4.69, 9.17) is 0 Å². The van der Waals surface area contributed by atoms with E-state index in [-0.39, 0.29) is 0 Å². The molecule has 0 amide bonds. The van der Waals surface area contributed by atoms with E-state index >= 15 is 0 Å². The molecule has 3 aliphatic heterocycles. The van der Waals surface area contributed by atoms with Gasteiger partial charge in [0.15, 0.2) is 0 Å². The van der Waals surface area contributed by atoms with E-state index in [9.17, 15) is 0 Å². The molecule has 1 aliphatic carbocycles. The number of hydrogen-bond acceptors (Lipinski definition) is 3. The lowest BCUT2D eigenvalue weighted by Gasteiger charge is -2.40. The Balaban J connectivity index is 1.63. The molecule has 0 spiro atoms. The van der Waals surface area contributed by atoms with E-state index in [2.05, 4.69) is 29.4 Å². The third kappa shape index (κ3) is 2.35. The Hall–Kier alpha value is -0.120. The van der Waals surface area contributed by atoms with E-state index in [1.165, 1.54) is 64.5 Å². The fraction of sp³-hybridized carbons (Fsp3) is 1.00. The van der Waals surface area contributed by atoms with Gasteiger partial charge in [0.1, 0.15) is 0 Å². The molecular formula is C19H35N3. The molecule has 0 radical (unpaired) electrons. The zero-order valence-corrected chi connectivity index (χ0v) is 14.6. The Morgan fingerprint density at radius 2 is 1.77 bits per heavy atom. The van der Waals surface area contributed by atoms with Crippen molar-refractivity contribution in [3.63, 3.8) is 0 Å². The molecule has 22 heavy (non-hydrogen) atoms. The van der Waals surface area contributed by atoms with Gasteiger partial charge in [-0.3, -0.25) is 10.2 Å². The standard InChI is InChI=1S/C19H35N3/c1-3-15-16(13-9-6-5-7-10-13)17-14-11-8-12-20-18(14)21-19(17)22(15)4-2/h13-21H,3-12H2,1-2H3. The largest absolute Gasteiger partial charge is 0.302 e. The molecule has 4 rings (SSSR count). The molecule has 6 atom stereocenters. The summed E-state index contributed by atoms with van der Waals surface area (Å²) in [6.07, 6.45) is 12.9. The van der Waals surface area contributed by atoms with Gasteiger partial charge in [0.25, 0.3) is 0 Å². The van der Waals surface area contributed by atoms with Gasteiger partial charge in [-0.2, -0.15) is 0 Å². The van der Waals surface area contributed by atoms with Crippen LogP contribution in [-0.4, -0.2) is 36.4 Å². The van der Waals surface area contributed by atoms with E-state index in [1.807, 2.05) is 0 Å². The normalized spacial score (nSPS) is 46.6. The maximum atomic E-state index is 4.00. The van der Waals surface area contributed by atoms with Gasteiger partial charge >= 0.3 is 0 Å². The lowest BCUT2D eigenvalue weighted by atomic mass is 9.68. The summed E-state index contributed by atoms with van der Waals surface area (Å²) in [4.78, 5) is 2.84. The minimum Gasteiger partial charge on any atom is -0.302 e. The summed E-state index contributed by atoms with van der Waals surface area (Å²) < 4.78 is 0. The molecule has 3 saturated heterocycles. The second-order valence-electron chi connectivity index (χ2n) is 8.21. The first-order valence-corrected chi connectivity index (χ1v) is 10.1. The second-order valence-corrected chi connectivity index (χ2v) is 8.21. The molecule has 2 N–H and O–H groups in total. The van der Waals surface area contributed by atoms with Crippen molar-refractivity contribution in [1.82, 2.24) is 15.5 Å². The molecule has 4 fully saturated rings. The topological polar surface area (TPSA) is 27.3 Å². The molecule has 0 bridgehead atoms. The fourth-order valence-electron chi connectivity index (χ4n) is 6.62. The Morgan fingerprint density at radius 3 is 2.50 bits per heavy atom. The molecule has 3 heterocycles. The first-order chi connectivity index (χ1) is 10.8. The monoisotopic (exact) mass is 305 g/mol. The summed E-state index contributed by atoms with van der Waals surface area (Å²) in [6, 6.07) is 0.832. The van der Waals surface area contributed by atoms with Crippen molar-refractivity contribution in [3.05, 3.63) is 0 Å². The molecule has 0 aromatic heterocycles. The maximum absolute atomic E-state index is 4.00. The van der Waals surface area contributed by atoms with Gasteiger partial charge in [0.2, 0.25) is 0 Å². The third-order valence-electron chi connectivity index (χ3n) is 7.37. The second kappa shape index (κ2) is 6.41. The molecule has 3 nitrogen and oxygen atoms in total. The van der Waals surface area contributed by atoms with Crippen LogP contribution in [0.1, 0.15) is 65.2 Å². The first kappa shape index (κ1) is 15.4. The van der Waals surface area contributed by atoms with Crippen LogP contribution in [-0.2, 0) is 0 Å². The molecular weight excluding hydrogens is 270 g/mol. The van der Waals surface area contributed by atoms with Gasteiger partial charge in [-0.25, -0.2) is 0 Å². The first-order valence-electron chi connectivity index (χ1n) is 10.1. The maximum Gasteiger partial charge on any atom is 0.0647 e. The predicted molar refractivity (Wildman–Crippen MR) is 91.5 cm³/mol. The van der Waals surface area contributed by atoms with Crippen LogP contribution in [0.2, 0.25) is 0 Å². The van der Waals surface area contributed by atoms with Crippen molar-refractivity contribution in [2.75, 3.05) is 13.1 Å². The average Bonchev–Trinajstić information content (AvgIpc) is 3.08. The molecule has 6 unspecified atom stereocenters. The highest BCUT2D eigenvalue weighted by molar-refractivity contribution is 5.09. The van der Waals surface area contributed by atoms with Crippen LogP contribution in [0.5, 0.6) is 0 Å². The van der Waals surface area contributed by atoms with Crippen LogP contribution in [0.15, 0.2) is 0 Å². The average molecular weight is 306 g/mol. The Morgan fingerprint density at radius 1 is 0.955 bits per heavy atom. The SMILES string of the molecule is CCC1C(C2CCCCC2)C2C3CCCNC3NC2N1CC. The zero-order chi connectivity index (χ0) is 15.1. The minimum absolute atomic E-state index is 0.599. The number of hydrogen-bond donors (Lipinski definition) is 2. The van der Waals surface area contributed by atoms with E-state index in [1.54, 1.807) is 0 Å². The number of nitrogens with zero attached hydrogens (tertiary/aromatic N) is 1. The molecule has 3 heteroatoms. The highest BCUT2D eigenvalue weighted by Crippen LogP contribution is 2.52. The van der Waals surface area contributed by atoms with Gasteiger partial charge < -0.3 is 5.32 Å². The Kier molecular flexibility index (Phi) is 4.49. The number of piperidine rings is 1. The van der Waals surface area contributed by atoms with E-state index in [0.717, 1.165) is 29.7 Å². The lowest BCUT2D eigenvalue weighted by Crippen LogP contribution is -2.52. The van der Waals surface area contributed by atoms with Crippen LogP contribution in [0, 0.1) is 23.7 Å². The van der Waals surface area contributed by atoms with Gasteiger partial charge in [-0.1, -0.05) is 46.0 Å². The van der Waals surface area contributed by atoms with Crippen LogP contribution in [0.3, 0.4) is 0 Å². The molecule has 0 aromatic rings. The van der Waals surface area contributed by atoms with Gasteiger partial charge in [0.05, 0.1) is 12.3 Å². The summed E-state index contributed by atoms with van der Waals surface area (Å²) >= 11 is 0. The van der Waals surface area contributed by atoms with E-state index in [0.29, 0.717) is 12.3 Å². The van der Waals surface area contributed by atoms with Crippen LogP contribution >= 0.6 is 0 Å². The van der Waals surface area contributed by atoms with Crippen molar-refractivity contribution < 1.29 is 0 Å². The summed E-state index contributed by atoms with van der Waals surface area (Å²) in [5.74, 6) is 3.75. The van der Waals surface area contributed by atoms with Gasteiger partial charge in [-0.05, 0) is 56.0 Å². The van der Waals surface area contributed by atoms with Crippen LogP contribution < -0.4 is 10.6 Å². The molecule has 0 aromatic carbocycles. The van der Waals surface area contributed by atoms with Crippen molar-refractivity contribution in [2.45, 2.75) is 83.6 Å². The van der Waals surface area contributed by atoms with Crippen molar-refractivity contribution in [1.29, 1.82) is 0 Å². The smallest absolute Gasteiger partial charge is 0.0647 e. The van der Waals surface area contributed by atoms with Gasteiger partial charge in [0, 0.05) is 6.04 Å². The summed E-state index contributed by atoms with van der Waals surface area (Å²) in [7, 11) is 0.